The number of methoxy groups -OCH3 is 1. The summed E-state index contributed by atoms with van der Waals surface area (Å²) in [5, 5.41) is 5.66. The van der Waals surface area contributed by atoms with Crippen LogP contribution < -0.4 is 5.32 Å². The van der Waals surface area contributed by atoms with E-state index in [0.717, 1.165) is 16.3 Å². The van der Waals surface area contributed by atoms with Gasteiger partial charge in [-0.05, 0) is 35.7 Å². The Morgan fingerprint density at radius 1 is 1.21 bits per heavy atom. The number of hydrogen-bond donors (Lipinski definition) is 1. The topological polar surface area (TPSA) is 55.4 Å². The second-order valence-electron chi connectivity index (χ2n) is 6.68. The maximum atomic E-state index is 12.5. The van der Waals surface area contributed by atoms with E-state index in [9.17, 15) is 9.59 Å². The number of hydrogen-bond acceptors (Lipinski definition) is 4. The van der Waals surface area contributed by atoms with Crippen LogP contribution in [0.5, 0.6) is 0 Å². The fourth-order valence-corrected chi connectivity index (χ4v) is 3.71. The molecule has 1 aliphatic heterocycles. The molecule has 2 aromatic carbocycles. The lowest BCUT2D eigenvalue weighted by Crippen LogP contribution is -2.45. The van der Waals surface area contributed by atoms with Crippen molar-refractivity contribution in [3.63, 3.8) is 0 Å². The molecular formula is C20H23NO3. The molecule has 0 radical (unpaired) electrons. The van der Waals surface area contributed by atoms with Gasteiger partial charge in [0.05, 0.1) is 7.11 Å². The molecule has 4 nitrogen and oxygen atoms in total. The van der Waals surface area contributed by atoms with Gasteiger partial charge in [-0.1, -0.05) is 43.3 Å². The predicted octanol–water partition coefficient (Wildman–Crippen LogP) is 3.40. The largest absolute Gasteiger partial charge is 0.468 e. The van der Waals surface area contributed by atoms with Gasteiger partial charge in [-0.25, -0.2) is 0 Å². The van der Waals surface area contributed by atoms with E-state index in [4.69, 9.17) is 4.74 Å². The number of ether oxygens (including phenoxy) is 1. The van der Waals surface area contributed by atoms with E-state index >= 15 is 0 Å². The third kappa shape index (κ3) is 2.82. The smallest absolute Gasteiger partial charge is 0.325 e. The van der Waals surface area contributed by atoms with E-state index in [-0.39, 0.29) is 23.7 Å². The van der Waals surface area contributed by atoms with Gasteiger partial charge in [-0.3, -0.25) is 14.9 Å². The number of ketones is 1. The van der Waals surface area contributed by atoms with Gasteiger partial charge in [0.2, 0.25) is 0 Å². The summed E-state index contributed by atoms with van der Waals surface area (Å²) in [6.45, 7) is 3.68. The van der Waals surface area contributed by atoms with Gasteiger partial charge in [0.15, 0.2) is 0 Å². The molecule has 1 heterocycles. The Labute approximate surface area is 142 Å². The van der Waals surface area contributed by atoms with Crippen LogP contribution in [0, 0.1) is 5.92 Å². The van der Waals surface area contributed by atoms with Gasteiger partial charge in [-0.2, -0.15) is 0 Å². The standard InChI is InChI=1S/C20H23NO3/c1-4-17(22)16-12-20(2,19(23)24-3)21-18(16)15-10-9-13-7-5-6-8-14(13)11-15/h5-11,16,18,21H,4,12H2,1-3H3/t16-,18+,20+/m0/s1. The van der Waals surface area contributed by atoms with Crippen molar-refractivity contribution >= 4 is 22.5 Å². The highest BCUT2D eigenvalue weighted by Crippen LogP contribution is 2.40. The maximum absolute atomic E-state index is 12.5. The van der Waals surface area contributed by atoms with Crippen LogP contribution in [0.25, 0.3) is 10.8 Å². The average molecular weight is 325 g/mol. The van der Waals surface area contributed by atoms with Crippen LogP contribution in [0.1, 0.15) is 38.3 Å². The van der Waals surface area contributed by atoms with Crippen molar-refractivity contribution in [2.45, 2.75) is 38.3 Å². The molecule has 0 bridgehead atoms. The summed E-state index contributed by atoms with van der Waals surface area (Å²) in [5.74, 6) is -0.367. The SMILES string of the molecule is CCC(=O)[C@@H]1C[C@](C)(C(=O)OC)N[C@@H]1c1ccc2ccccc2c1. The van der Waals surface area contributed by atoms with Gasteiger partial charge >= 0.3 is 5.97 Å². The number of carbonyl (C=O) groups excluding carboxylic acids is 2. The Morgan fingerprint density at radius 2 is 1.92 bits per heavy atom. The molecule has 0 unspecified atom stereocenters. The monoisotopic (exact) mass is 325 g/mol. The minimum atomic E-state index is -0.833. The highest BCUT2D eigenvalue weighted by molar-refractivity contribution is 5.88. The average Bonchev–Trinajstić information content (AvgIpc) is 2.99. The van der Waals surface area contributed by atoms with Crippen molar-refractivity contribution in [3.8, 4) is 0 Å². The third-order valence-corrected chi connectivity index (χ3v) is 5.04. The zero-order valence-corrected chi connectivity index (χ0v) is 14.3. The molecule has 0 spiro atoms. The molecule has 1 fully saturated rings. The van der Waals surface area contributed by atoms with Crippen molar-refractivity contribution in [2.24, 2.45) is 5.92 Å². The lowest BCUT2D eigenvalue weighted by Gasteiger charge is -2.23. The van der Waals surface area contributed by atoms with Crippen LogP contribution in [0.3, 0.4) is 0 Å². The van der Waals surface area contributed by atoms with Crippen LogP contribution in [0.15, 0.2) is 42.5 Å². The fraction of sp³-hybridized carbons (Fsp3) is 0.400. The van der Waals surface area contributed by atoms with Crippen molar-refractivity contribution in [3.05, 3.63) is 48.0 Å². The van der Waals surface area contributed by atoms with Crippen molar-refractivity contribution < 1.29 is 14.3 Å². The molecule has 0 aliphatic carbocycles. The van der Waals surface area contributed by atoms with E-state index in [2.05, 4.69) is 29.6 Å². The molecule has 4 heteroatoms. The summed E-state index contributed by atoms with van der Waals surface area (Å²) >= 11 is 0. The number of benzene rings is 2. The van der Waals surface area contributed by atoms with E-state index in [1.807, 2.05) is 32.0 Å². The molecule has 1 N–H and O–H groups in total. The zero-order chi connectivity index (χ0) is 17.3. The van der Waals surface area contributed by atoms with Crippen molar-refractivity contribution in [1.82, 2.24) is 5.32 Å². The Bertz CT molecular complexity index is 785. The lowest BCUT2D eigenvalue weighted by molar-refractivity contribution is -0.147. The third-order valence-electron chi connectivity index (χ3n) is 5.04. The first-order chi connectivity index (χ1) is 11.5. The Hall–Kier alpha value is -2.20. The molecule has 24 heavy (non-hydrogen) atoms. The second-order valence-corrected chi connectivity index (χ2v) is 6.68. The number of carbonyl (C=O) groups is 2. The molecule has 0 aromatic heterocycles. The first-order valence-corrected chi connectivity index (χ1v) is 8.36. The van der Waals surface area contributed by atoms with Crippen LogP contribution in [0.4, 0.5) is 0 Å². The summed E-state index contributed by atoms with van der Waals surface area (Å²) in [4.78, 5) is 24.7. The Balaban J connectivity index is 2.01. The minimum absolute atomic E-state index is 0.174. The molecular weight excluding hydrogens is 302 g/mol. The molecule has 126 valence electrons. The first kappa shape index (κ1) is 16.7. The quantitative estimate of drug-likeness (QED) is 0.875. The molecule has 1 aliphatic rings. The van der Waals surface area contributed by atoms with Gasteiger partial charge in [0.1, 0.15) is 11.3 Å². The van der Waals surface area contributed by atoms with Crippen LogP contribution in [-0.4, -0.2) is 24.4 Å². The first-order valence-electron chi connectivity index (χ1n) is 8.36. The molecule has 0 saturated carbocycles. The van der Waals surface area contributed by atoms with E-state index in [0.29, 0.717) is 12.8 Å². The normalized spacial score (nSPS) is 26.5. The summed E-state index contributed by atoms with van der Waals surface area (Å²) in [6.07, 6.45) is 0.928. The van der Waals surface area contributed by atoms with Gasteiger partial charge in [0, 0.05) is 18.4 Å². The van der Waals surface area contributed by atoms with E-state index in [1.54, 1.807) is 0 Å². The van der Waals surface area contributed by atoms with E-state index in [1.165, 1.54) is 7.11 Å². The number of esters is 1. The number of nitrogens with one attached hydrogen (secondary N) is 1. The van der Waals surface area contributed by atoms with Gasteiger partial charge in [0.25, 0.3) is 0 Å². The lowest BCUT2D eigenvalue weighted by atomic mass is 9.85. The summed E-state index contributed by atoms with van der Waals surface area (Å²) in [7, 11) is 1.38. The van der Waals surface area contributed by atoms with Gasteiger partial charge in [-0.15, -0.1) is 0 Å². The molecule has 0 amide bonds. The number of rotatable bonds is 4. The van der Waals surface area contributed by atoms with Crippen LogP contribution >= 0.6 is 0 Å². The zero-order valence-electron chi connectivity index (χ0n) is 14.3. The van der Waals surface area contributed by atoms with Crippen molar-refractivity contribution in [2.75, 3.05) is 7.11 Å². The summed E-state index contributed by atoms with van der Waals surface area (Å²) in [5.41, 5.74) is 0.203. The molecule has 2 aromatic rings. The molecule has 3 atom stereocenters. The Morgan fingerprint density at radius 3 is 2.58 bits per heavy atom. The minimum Gasteiger partial charge on any atom is -0.468 e. The Kier molecular flexibility index (Phi) is 4.41. The molecule has 1 saturated heterocycles. The second kappa shape index (κ2) is 6.36. The maximum Gasteiger partial charge on any atom is 0.325 e. The van der Waals surface area contributed by atoms with E-state index < -0.39 is 5.54 Å². The highest BCUT2D eigenvalue weighted by Gasteiger charge is 2.49. The van der Waals surface area contributed by atoms with Gasteiger partial charge < -0.3 is 4.74 Å². The summed E-state index contributed by atoms with van der Waals surface area (Å²) < 4.78 is 4.94. The summed E-state index contributed by atoms with van der Waals surface area (Å²) in [6, 6.07) is 14.2. The number of fused-ring (bicyclic) bond motifs is 1. The van der Waals surface area contributed by atoms with Crippen molar-refractivity contribution in [1.29, 1.82) is 0 Å². The van der Waals surface area contributed by atoms with Crippen LogP contribution in [0.2, 0.25) is 0 Å². The van der Waals surface area contributed by atoms with Crippen LogP contribution in [-0.2, 0) is 14.3 Å². The number of Topliss-reactive ketones (excluding diaryl/α,β-unsaturated/α-hetero) is 1. The highest BCUT2D eigenvalue weighted by atomic mass is 16.5. The predicted molar refractivity (Wildman–Crippen MR) is 93.7 cm³/mol. The fourth-order valence-electron chi connectivity index (χ4n) is 3.71. The molecule has 3 rings (SSSR count).